The maximum absolute atomic E-state index is 14.0. The molecule has 12 heteroatoms. The third kappa shape index (κ3) is 5.49. The van der Waals surface area contributed by atoms with Gasteiger partial charge in [0.1, 0.15) is 17.7 Å². The van der Waals surface area contributed by atoms with Crippen molar-refractivity contribution in [3.63, 3.8) is 0 Å². The van der Waals surface area contributed by atoms with E-state index in [1.807, 2.05) is 4.90 Å². The first-order valence-corrected chi connectivity index (χ1v) is 11.6. The van der Waals surface area contributed by atoms with Crippen molar-refractivity contribution in [2.24, 2.45) is 5.73 Å². The molecule has 35 heavy (non-hydrogen) atoms. The van der Waals surface area contributed by atoms with Crippen LogP contribution in [0.5, 0.6) is 0 Å². The Hall–Kier alpha value is -3.38. The van der Waals surface area contributed by atoms with Crippen molar-refractivity contribution in [1.82, 2.24) is 24.4 Å². The van der Waals surface area contributed by atoms with Gasteiger partial charge in [0.2, 0.25) is 11.9 Å². The summed E-state index contributed by atoms with van der Waals surface area (Å²) < 4.78 is 34.8. The Morgan fingerprint density at radius 1 is 1.20 bits per heavy atom. The number of rotatable bonds is 9. The molecule has 4 rings (SSSR count). The normalized spacial score (nSPS) is 15.0. The number of alkyl halides is 2. The molecule has 3 heterocycles. The number of aromatic nitrogens is 4. The molecule has 1 aliphatic heterocycles. The standard InChI is InChI=1S/C23H30F2N8O2/c1-15(22(34)31(2)9-5-8-26)27-23-29-18(32-10-12-35-13-11-32)14-19(30-23)33-17-7-4-3-6-16(17)28-21(33)20(24)25/h3-4,6-7,14-15,20H,5,8-13,26H2,1-2H3,(H,27,29,30)/t15-/m0/s1. The predicted octanol–water partition coefficient (Wildman–Crippen LogP) is 2.20. The van der Waals surface area contributed by atoms with Gasteiger partial charge in [0.05, 0.1) is 24.2 Å². The molecule has 1 atom stereocenters. The highest BCUT2D eigenvalue weighted by Crippen LogP contribution is 2.29. The molecule has 188 valence electrons. The Morgan fingerprint density at radius 3 is 2.63 bits per heavy atom. The van der Waals surface area contributed by atoms with Gasteiger partial charge >= 0.3 is 0 Å². The summed E-state index contributed by atoms with van der Waals surface area (Å²) in [5, 5.41) is 3.05. The first-order chi connectivity index (χ1) is 16.9. The second-order valence-corrected chi connectivity index (χ2v) is 8.37. The van der Waals surface area contributed by atoms with E-state index in [1.54, 1.807) is 49.2 Å². The molecule has 0 bridgehead atoms. The summed E-state index contributed by atoms with van der Waals surface area (Å²) in [6, 6.07) is 7.93. The fourth-order valence-corrected chi connectivity index (χ4v) is 4.01. The van der Waals surface area contributed by atoms with Gasteiger partial charge in [-0.2, -0.15) is 9.97 Å². The fraction of sp³-hybridized carbons (Fsp3) is 0.478. The van der Waals surface area contributed by atoms with E-state index >= 15 is 0 Å². The van der Waals surface area contributed by atoms with E-state index in [0.29, 0.717) is 62.7 Å². The second kappa shape index (κ2) is 10.9. The minimum absolute atomic E-state index is 0.151. The van der Waals surface area contributed by atoms with E-state index < -0.39 is 18.3 Å². The number of imidazole rings is 1. The fourth-order valence-electron chi connectivity index (χ4n) is 4.01. The molecule has 0 saturated carbocycles. The van der Waals surface area contributed by atoms with E-state index in [0.717, 1.165) is 0 Å². The third-order valence-electron chi connectivity index (χ3n) is 5.84. The lowest BCUT2D eigenvalue weighted by Gasteiger charge is -2.29. The zero-order valence-corrected chi connectivity index (χ0v) is 19.8. The molecule has 0 aliphatic carbocycles. The van der Waals surface area contributed by atoms with Crippen LogP contribution in [-0.4, -0.2) is 82.8 Å². The number of fused-ring (bicyclic) bond motifs is 1. The van der Waals surface area contributed by atoms with Crippen LogP contribution in [0.4, 0.5) is 20.5 Å². The lowest BCUT2D eigenvalue weighted by atomic mass is 10.3. The van der Waals surface area contributed by atoms with Gasteiger partial charge in [-0.05, 0) is 32.0 Å². The highest BCUT2D eigenvalue weighted by Gasteiger charge is 2.24. The van der Waals surface area contributed by atoms with Crippen LogP contribution in [-0.2, 0) is 9.53 Å². The van der Waals surface area contributed by atoms with Gasteiger partial charge in [0, 0.05) is 32.7 Å². The van der Waals surface area contributed by atoms with E-state index in [4.69, 9.17) is 10.5 Å². The lowest BCUT2D eigenvalue weighted by molar-refractivity contribution is -0.130. The van der Waals surface area contributed by atoms with Crippen LogP contribution < -0.4 is 16.0 Å². The van der Waals surface area contributed by atoms with Gasteiger partial charge in [-0.25, -0.2) is 13.8 Å². The number of morpholine rings is 1. The summed E-state index contributed by atoms with van der Waals surface area (Å²) in [5.41, 5.74) is 6.50. The summed E-state index contributed by atoms with van der Waals surface area (Å²) in [7, 11) is 1.71. The first kappa shape index (κ1) is 24.7. The number of carbonyl (C=O) groups is 1. The van der Waals surface area contributed by atoms with Crippen LogP contribution in [0.3, 0.4) is 0 Å². The molecule has 1 fully saturated rings. The Balaban J connectivity index is 1.75. The average molecular weight is 489 g/mol. The molecule has 3 aromatic rings. The smallest absolute Gasteiger partial charge is 0.296 e. The van der Waals surface area contributed by atoms with Gasteiger partial charge in [-0.1, -0.05) is 12.1 Å². The predicted molar refractivity (Wildman–Crippen MR) is 129 cm³/mol. The Bertz CT molecular complexity index is 1170. The SMILES string of the molecule is C[C@H](Nc1nc(N2CCOCC2)cc(-n2c(C(F)F)nc3ccccc32)n1)C(=O)N(C)CCCN. The summed E-state index contributed by atoms with van der Waals surface area (Å²) in [5.74, 6) is 0.394. The van der Waals surface area contributed by atoms with Gasteiger partial charge < -0.3 is 25.6 Å². The zero-order valence-electron chi connectivity index (χ0n) is 19.8. The van der Waals surface area contributed by atoms with E-state index in [2.05, 4.69) is 20.3 Å². The molecular formula is C23H30F2N8O2. The van der Waals surface area contributed by atoms with E-state index in [9.17, 15) is 13.6 Å². The van der Waals surface area contributed by atoms with Crippen LogP contribution in [0.1, 0.15) is 25.6 Å². The van der Waals surface area contributed by atoms with Crippen molar-refractivity contribution in [3.8, 4) is 5.82 Å². The quantitative estimate of drug-likeness (QED) is 0.471. The number of nitrogens with one attached hydrogen (secondary N) is 1. The van der Waals surface area contributed by atoms with Crippen molar-refractivity contribution in [2.45, 2.75) is 25.8 Å². The molecule has 0 spiro atoms. The highest BCUT2D eigenvalue weighted by atomic mass is 19.3. The minimum atomic E-state index is -2.81. The summed E-state index contributed by atoms with van der Waals surface area (Å²) in [6.45, 7) is 4.97. The van der Waals surface area contributed by atoms with Crippen LogP contribution in [0.15, 0.2) is 30.3 Å². The number of likely N-dealkylation sites (N-methyl/N-ethyl adjacent to an activating group) is 1. The first-order valence-electron chi connectivity index (χ1n) is 11.6. The van der Waals surface area contributed by atoms with Crippen molar-refractivity contribution >= 4 is 28.7 Å². The highest BCUT2D eigenvalue weighted by molar-refractivity contribution is 5.83. The molecule has 2 aromatic heterocycles. The van der Waals surface area contributed by atoms with Gasteiger partial charge in [0.15, 0.2) is 5.82 Å². The zero-order chi connectivity index (χ0) is 24.9. The molecule has 1 amide bonds. The number of ether oxygens (including phenoxy) is 1. The number of nitrogens with two attached hydrogens (primary N) is 1. The number of hydrogen-bond acceptors (Lipinski definition) is 8. The Labute approximate surface area is 202 Å². The third-order valence-corrected chi connectivity index (χ3v) is 5.84. The monoisotopic (exact) mass is 488 g/mol. The number of amides is 1. The molecular weight excluding hydrogens is 458 g/mol. The number of benzene rings is 1. The second-order valence-electron chi connectivity index (χ2n) is 8.37. The van der Waals surface area contributed by atoms with Gasteiger partial charge in [-0.15, -0.1) is 0 Å². The molecule has 0 radical (unpaired) electrons. The topological polar surface area (TPSA) is 114 Å². The molecule has 0 unspecified atom stereocenters. The van der Waals surface area contributed by atoms with Crippen molar-refractivity contribution in [1.29, 1.82) is 0 Å². The van der Waals surface area contributed by atoms with Gasteiger partial charge in [-0.3, -0.25) is 9.36 Å². The van der Waals surface area contributed by atoms with E-state index in [-0.39, 0.29) is 17.7 Å². The lowest BCUT2D eigenvalue weighted by Crippen LogP contribution is -2.40. The summed E-state index contributed by atoms with van der Waals surface area (Å²) in [6.07, 6.45) is -2.12. The number of nitrogens with zero attached hydrogens (tertiary/aromatic N) is 6. The number of anilines is 2. The van der Waals surface area contributed by atoms with Gasteiger partial charge in [0.25, 0.3) is 6.43 Å². The van der Waals surface area contributed by atoms with E-state index in [1.165, 1.54) is 4.57 Å². The van der Waals surface area contributed by atoms with Crippen LogP contribution >= 0.6 is 0 Å². The molecule has 1 aromatic carbocycles. The maximum atomic E-state index is 14.0. The minimum Gasteiger partial charge on any atom is -0.378 e. The maximum Gasteiger partial charge on any atom is 0.296 e. The molecule has 1 aliphatic rings. The summed E-state index contributed by atoms with van der Waals surface area (Å²) >= 11 is 0. The van der Waals surface area contributed by atoms with Crippen molar-refractivity contribution in [2.75, 3.05) is 56.7 Å². The largest absolute Gasteiger partial charge is 0.378 e. The number of halogens is 2. The average Bonchev–Trinajstić information content (AvgIpc) is 3.27. The summed E-state index contributed by atoms with van der Waals surface area (Å²) in [4.78, 5) is 29.6. The number of para-hydroxylation sites is 2. The molecule has 1 saturated heterocycles. The molecule has 10 nitrogen and oxygen atoms in total. The Kier molecular flexibility index (Phi) is 7.71. The number of carbonyl (C=O) groups excluding carboxylic acids is 1. The van der Waals surface area contributed by atoms with Crippen molar-refractivity contribution < 1.29 is 18.3 Å². The Morgan fingerprint density at radius 2 is 1.91 bits per heavy atom. The van der Waals surface area contributed by atoms with Crippen LogP contribution in [0, 0.1) is 0 Å². The van der Waals surface area contributed by atoms with Crippen molar-refractivity contribution in [3.05, 3.63) is 36.2 Å². The van der Waals surface area contributed by atoms with Crippen LogP contribution in [0.2, 0.25) is 0 Å². The van der Waals surface area contributed by atoms with Crippen LogP contribution in [0.25, 0.3) is 16.9 Å². The molecule has 3 N–H and O–H groups in total. The number of hydrogen-bond donors (Lipinski definition) is 2.